The molecule has 1 heterocycles. The quantitative estimate of drug-likeness (QED) is 0.547. The monoisotopic (exact) mass is 399 g/mol. The van der Waals surface area contributed by atoms with Crippen LogP contribution in [0.15, 0.2) is 36.4 Å². The van der Waals surface area contributed by atoms with E-state index in [1.807, 2.05) is 0 Å². The third-order valence-corrected chi connectivity index (χ3v) is 4.89. The molecular weight excluding hydrogens is 373 g/mol. The molecule has 3 rings (SSSR count). The van der Waals surface area contributed by atoms with Gasteiger partial charge in [-0.15, -0.1) is 0 Å². The smallest absolute Gasteiger partial charge is 0.254 e. The van der Waals surface area contributed by atoms with Gasteiger partial charge in [0.1, 0.15) is 11.6 Å². The van der Waals surface area contributed by atoms with Gasteiger partial charge in [-0.1, -0.05) is 12.1 Å². The summed E-state index contributed by atoms with van der Waals surface area (Å²) in [5, 5.41) is 19.1. The number of aromatic hydroxyl groups is 1. The average Bonchev–Trinajstić information content (AvgIpc) is 2.71. The minimum atomic E-state index is -0.603. The second kappa shape index (κ2) is 10.0. The molecule has 0 saturated carbocycles. The van der Waals surface area contributed by atoms with E-state index in [1.165, 1.54) is 12.1 Å². The second-order valence-corrected chi connectivity index (χ2v) is 7.11. The summed E-state index contributed by atoms with van der Waals surface area (Å²) in [4.78, 5) is 24.3. The first-order valence-corrected chi connectivity index (χ1v) is 9.92. The number of hydrogen-bond acceptors (Lipinski definition) is 4. The van der Waals surface area contributed by atoms with Gasteiger partial charge in [-0.3, -0.25) is 9.59 Å². The van der Waals surface area contributed by atoms with Crippen LogP contribution in [0.1, 0.15) is 35.2 Å². The van der Waals surface area contributed by atoms with Crippen molar-refractivity contribution in [1.82, 2.24) is 16.0 Å². The van der Waals surface area contributed by atoms with Crippen molar-refractivity contribution in [1.29, 1.82) is 0 Å². The molecule has 2 aromatic carbocycles. The number of carbonyl (C=O) groups is 2. The predicted molar refractivity (Wildman–Crippen MR) is 109 cm³/mol. The highest BCUT2D eigenvalue weighted by molar-refractivity contribution is 5.96. The average molecular weight is 399 g/mol. The Balaban J connectivity index is 1.87. The Hall–Kier alpha value is -2.93. The molecule has 2 amide bonds. The number of amides is 2. The highest BCUT2D eigenvalue weighted by Crippen LogP contribution is 2.31. The van der Waals surface area contributed by atoms with Gasteiger partial charge in [0, 0.05) is 25.1 Å². The standard InChI is InChI=1S/C22H26FN3O3/c23-19-6-5-16-14-18(19)22(29)26-11-2-10-24-9-1-3-21(28)25-12-8-15-4-7-20(27)17(16)13-15/h4-7,13-14,24,27H,1-3,8-12H2,(H,25,28)(H,26,29). The van der Waals surface area contributed by atoms with E-state index in [0.29, 0.717) is 50.0 Å². The van der Waals surface area contributed by atoms with Crippen molar-refractivity contribution in [2.75, 3.05) is 26.2 Å². The number of carbonyl (C=O) groups excluding carboxylic acids is 2. The van der Waals surface area contributed by atoms with Crippen molar-refractivity contribution in [2.45, 2.75) is 25.7 Å². The topological polar surface area (TPSA) is 90.5 Å². The number of rotatable bonds is 0. The van der Waals surface area contributed by atoms with Gasteiger partial charge in [-0.05, 0) is 67.7 Å². The van der Waals surface area contributed by atoms with Crippen molar-refractivity contribution >= 4 is 11.8 Å². The van der Waals surface area contributed by atoms with Crippen LogP contribution in [0.5, 0.6) is 5.75 Å². The fourth-order valence-corrected chi connectivity index (χ4v) is 3.28. The van der Waals surface area contributed by atoms with Crippen LogP contribution in [-0.4, -0.2) is 43.1 Å². The zero-order valence-electron chi connectivity index (χ0n) is 16.3. The lowest BCUT2D eigenvalue weighted by Crippen LogP contribution is -2.29. The third kappa shape index (κ3) is 5.77. The molecule has 7 heteroatoms. The molecule has 154 valence electrons. The molecule has 1 aliphatic heterocycles. The van der Waals surface area contributed by atoms with Crippen LogP contribution >= 0.6 is 0 Å². The first-order valence-electron chi connectivity index (χ1n) is 9.92. The van der Waals surface area contributed by atoms with Gasteiger partial charge in [0.15, 0.2) is 0 Å². The molecule has 2 aromatic rings. The summed E-state index contributed by atoms with van der Waals surface area (Å²) >= 11 is 0. The first kappa shape index (κ1) is 20.8. The Labute approximate surface area is 169 Å². The van der Waals surface area contributed by atoms with Crippen molar-refractivity contribution in [3.05, 3.63) is 53.3 Å². The minimum Gasteiger partial charge on any atom is -0.507 e. The number of halogens is 1. The predicted octanol–water partition coefficient (Wildman–Crippen LogP) is 2.36. The van der Waals surface area contributed by atoms with E-state index in [0.717, 1.165) is 18.5 Å². The Morgan fingerprint density at radius 2 is 1.66 bits per heavy atom. The number of benzene rings is 2. The molecule has 0 aliphatic carbocycles. The molecule has 0 spiro atoms. The molecule has 29 heavy (non-hydrogen) atoms. The Kier molecular flexibility index (Phi) is 7.19. The number of phenols is 1. The van der Waals surface area contributed by atoms with E-state index in [-0.39, 0.29) is 17.2 Å². The van der Waals surface area contributed by atoms with E-state index in [2.05, 4.69) is 16.0 Å². The number of hydrogen-bond donors (Lipinski definition) is 4. The summed E-state index contributed by atoms with van der Waals surface area (Å²) in [6, 6.07) is 9.39. The van der Waals surface area contributed by atoms with Crippen LogP contribution in [0.2, 0.25) is 0 Å². The minimum absolute atomic E-state index is 0.0131. The lowest BCUT2D eigenvalue weighted by Gasteiger charge is -2.11. The molecule has 4 bridgehead atoms. The van der Waals surface area contributed by atoms with E-state index in [1.54, 1.807) is 24.3 Å². The zero-order valence-corrected chi connectivity index (χ0v) is 16.3. The molecule has 0 saturated heterocycles. The Bertz CT molecular complexity index is 886. The maximum Gasteiger partial charge on any atom is 0.254 e. The van der Waals surface area contributed by atoms with Gasteiger partial charge in [0.05, 0.1) is 5.56 Å². The summed E-state index contributed by atoms with van der Waals surface area (Å²) in [6.07, 6.45) is 2.49. The maximum atomic E-state index is 14.2. The molecule has 0 atom stereocenters. The lowest BCUT2D eigenvalue weighted by atomic mass is 9.98. The first-order chi connectivity index (χ1) is 14.0. The van der Waals surface area contributed by atoms with Crippen molar-refractivity contribution in [2.24, 2.45) is 0 Å². The molecular formula is C22H26FN3O3. The fraction of sp³-hybridized carbons (Fsp3) is 0.364. The fourth-order valence-electron chi connectivity index (χ4n) is 3.28. The van der Waals surface area contributed by atoms with E-state index in [9.17, 15) is 19.1 Å². The number of phenolic OH excluding ortho intramolecular Hbond substituents is 1. The van der Waals surface area contributed by atoms with Crippen LogP contribution in [0, 0.1) is 5.82 Å². The molecule has 0 unspecified atom stereocenters. The van der Waals surface area contributed by atoms with Crippen molar-refractivity contribution < 1.29 is 19.1 Å². The normalized spacial score (nSPS) is 16.7. The van der Waals surface area contributed by atoms with E-state index < -0.39 is 11.7 Å². The highest BCUT2D eigenvalue weighted by atomic mass is 19.1. The van der Waals surface area contributed by atoms with Crippen molar-refractivity contribution in [3.8, 4) is 16.9 Å². The van der Waals surface area contributed by atoms with E-state index in [4.69, 9.17) is 0 Å². The summed E-state index contributed by atoms with van der Waals surface area (Å²) in [7, 11) is 0. The van der Waals surface area contributed by atoms with Crippen LogP contribution in [0.3, 0.4) is 0 Å². The highest BCUT2D eigenvalue weighted by Gasteiger charge is 2.15. The molecule has 6 nitrogen and oxygen atoms in total. The van der Waals surface area contributed by atoms with E-state index >= 15 is 0 Å². The molecule has 1 aliphatic rings. The number of fused-ring (bicyclic) bond motifs is 5. The second-order valence-electron chi connectivity index (χ2n) is 7.11. The van der Waals surface area contributed by atoms with Gasteiger partial charge < -0.3 is 21.1 Å². The van der Waals surface area contributed by atoms with Crippen LogP contribution in [0.25, 0.3) is 11.1 Å². The summed E-state index contributed by atoms with van der Waals surface area (Å²) in [5.41, 5.74) is 1.95. The molecule has 0 radical (unpaired) electrons. The van der Waals surface area contributed by atoms with Gasteiger partial charge in [0.25, 0.3) is 5.91 Å². The summed E-state index contributed by atoms with van der Waals surface area (Å²) in [5.74, 6) is -1.02. The SMILES string of the molecule is O=C1CCCNCCCNC(=O)c2cc(ccc2F)-c2cc(ccc2O)CCN1. The van der Waals surface area contributed by atoms with Crippen LogP contribution in [-0.2, 0) is 11.2 Å². The molecule has 0 aromatic heterocycles. The van der Waals surface area contributed by atoms with Gasteiger partial charge in [0.2, 0.25) is 5.91 Å². The Morgan fingerprint density at radius 3 is 2.52 bits per heavy atom. The van der Waals surface area contributed by atoms with Gasteiger partial charge in [-0.25, -0.2) is 4.39 Å². The largest absolute Gasteiger partial charge is 0.507 e. The molecule has 4 N–H and O–H groups in total. The lowest BCUT2D eigenvalue weighted by molar-refractivity contribution is -0.121. The summed E-state index contributed by atoms with van der Waals surface area (Å²) in [6.45, 7) is 2.33. The van der Waals surface area contributed by atoms with Crippen LogP contribution in [0.4, 0.5) is 4.39 Å². The summed E-state index contributed by atoms with van der Waals surface area (Å²) < 4.78 is 14.2. The van der Waals surface area contributed by atoms with Crippen molar-refractivity contribution in [3.63, 3.8) is 0 Å². The van der Waals surface area contributed by atoms with Crippen LogP contribution < -0.4 is 16.0 Å². The zero-order chi connectivity index (χ0) is 20.6. The molecule has 0 fully saturated rings. The third-order valence-electron chi connectivity index (χ3n) is 4.89. The maximum absolute atomic E-state index is 14.2. The number of nitrogens with one attached hydrogen (secondary N) is 3. The van der Waals surface area contributed by atoms with Gasteiger partial charge in [-0.2, -0.15) is 0 Å². The van der Waals surface area contributed by atoms with Gasteiger partial charge >= 0.3 is 0 Å². The Morgan fingerprint density at radius 1 is 0.828 bits per heavy atom.